The molecule has 2 rings (SSSR count). The molecule has 114 valence electrons. The Labute approximate surface area is 128 Å². The van der Waals surface area contributed by atoms with Crippen LogP contribution in [0.2, 0.25) is 0 Å². The molecule has 0 fully saturated rings. The number of benzene rings is 1. The average molecular weight is 299 g/mol. The summed E-state index contributed by atoms with van der Waals surface area (Å²) in [5, 5.41) is 4.07. The average Bonchev–Trinajstić information content (AvgIpc) is 2.59. The molecular weight excluding hydrogens is 282 g/mol. The van der Waals surface area contributed by atoms with E-state index in [2.05, 4.69) is 15.5 Å². The number of hydrogen-bond donors (Lipinski definition) is 1. The maximum absolute atomic E-state index is 12.1. The van der Waals surface area contributed by atoms with E-state index in [0.717, 1.165) is 5.56 Å². The Kier molecular flexibility index (Phi) is 5.08. The first kappa shape index (κ1) is 15.5. The third kappa shape index (κ3) is 3.60. The normalized spacial score (nSPS) is 11.0. The summed E-state index contributed by atoms with van der Waals surface area (Å²) < 4.78 is 10.3. The van der Waals surface area contributed by atoms with Crippen LogP contribution in [0.5, 0.6) is 11.5 Å². The zero-order valence-corrected chi connectivity index (χ0v) is 12.7. The molecule has 1 N–H and O–H groups in total. The highest BCUT2D eigenvalue weighted by atomic mass is 16.5. The van der Waals surface area contributed by atoms with Gasteiger partial charge < -0.3 is 9.47 Å². The van der Waals surface area contributed by atoms with Crippen LogP contribution in [-0.2, 0) is 0 Å². The van der Waals surface area contributed by atoms with Gasteiger partial charge in [-0.1, -0.05) is 6.07 Å². The molecule has 1 amide bonds. The molecule has 1 aromatic carbocycles. The fourth-order valence-electron chi connectivity index (χ4n) is 1.82. The molecular formula is C16H17N3O3. The Hall–Kier alpha value is -2.89. The van der Waals surface area contributed by atoms with Crippen LogP contribution in [-0.4, -0.2) is 30.8 Å². The van der Waals surface area contributed by atoms with Crippen LogP contribution >= 0.6 is 0 Å². The lowest BCUT2D eigenvalue weighted by Gasteiger charge is -2.09. The van der Waals surface area contributed by atoms with E-state index < -0.39 is 0 Å². The van der Waals surface area contributed by atoms with E-state index in [1.54, 1.807) is 44.6 Å². The maximum Gasteiger partial charge on any atom is 0.271 e. The molecule has 1 aromatic heterocycles. The summed E-state index contributed by atoms with van der Waals surface area (Å²) in [6.45, 7) is 1.80. The van der Waals surface area contributed by atoms with Crippen LogP contribution in [0.3, 0.4) is 0 Å². The second kappa shape index (κ2) is 7.21. The van der Waals surface area contributed by atoms with Gasteiger partial charge in [-0.2, -0.15) is 5.10 Å². The standard InChI is InChI=1S/C16H17N3O3/c1-11(13-5-4-8-17-10-13)18-19-16(20)12-6-7-14(21-2)15(9-12)22-3/h4-10H,1-3H3,(H,19,20)/b18-11+. The lowest BCUT2D eigenvalue weighted by atomic mass is 10.2. The van der Waals surface area contributed by atoms with Gasteiger partial charge in [0.15, 0.2) is 11.5 Å². The summed E-state index contributed by atoms with van der Waals surface area (Å²) in [6.07, 6.45) is 3.36. The molecule has 0 aliphatic heterocycles. The fourth-order valence-corrected chi connectivity index (χ4v) is 1.82. The van der Waals surface area contributed by atoms with Crippen LogP contribution in [0.4, 0.5) is 0 Å². The van der Waals surface area contributed by atoms with Crippen molar-refractivity contribution in [2.75, 3.05) is 14.2 Å². The Balaban J connectivity index is 2.12. The van der Waals surface area contributed by atoms with Crippen LogP contribution in [0, 0.1) is 0 Å². The summed E-state index contributed by atoms with van der Waals surface area (Å²) in [6, 6.07) is 8.60. The summed E-state index contributed by atoms with van der Waals surface area (Å²) in [5.74, 6) is 0.724. The Bertz CT molecular complexity index is 684. The molecule has 0 radical (unpaired) electrons. The quantitative estimate of drug-likeness (QED) is 0.679. The summed E-state index contributed by atoms with van der Waals surface area (Å²) >= 11 is 0. The van der Waals surface area contributed by atoms with Crippen molar-refractivity contribution in [3.8, 4) is 11.5 Å². The van der Waals surface area contributed by atoms with E-state index in [0.29, 0.717) is 22.8 Å². The van der Waals surface area contributed by atoms with E-state index >= 15 is 0 Å². The Morgan fingerprint density at radius 2 is 1.91 bits per heavy atom. The number of nitrogens with zero attached hydrogens (tertiary/aromatic N) is 2. The molecule has 0 atom stereocenters. The first-order valence-electron chi connectivity index (χ1n) is 6.62. The van der Waals surface area contributed by atoms with Gasteiger partial charge in [0.1, 0.15) is 0 Å². The van der Waals surface area contributed by atoms with Crippen molar-refractivity contribution < 1.29 is 14.3 Å². The van der Waals surface area contributed by atoms with E-state index in [9.17, 15) is 4.79 Å². The predicted octanol–water partition coefficient (Wildman–Crippen LogP) is 2.25. The number of hydrogen-bond acceptors (Lipinski definition) is 5. The van der Waals surface area contributed by atoms with Gasteiger partial charge in [0.2, 0.25) is 0 Å². The molecule has 1 heterocycles. The lowest BCUT2D eigenvalue weighted by Crippen LogP contribution is -2.19. The topological polar surface area (TPSA) is 72.8 Å². The fraction of sp³-hybridized carbons (Fsp3) is 0.188. The van der Waals surface area contributed by atoms with Gasteiger partial charge in [-0.25, -0.2) is 5.43 Å². The molecule has 0 saturated carbocycles. The predicted molar refractivity (Wildman–Crippen MR) is 83.5 cm³/mol. The Morgan fingerprint density at radius 1 is 1.14 bits per heavy atom. The zero-order valence-electron chi connectivity index (χ0n) is 12.7. The van der Waals surface area contributed by atoms with E-state index in [-0.39, 0.29) is 5.91 Å². The Morgan fingerprint density at radius 3 is 2.55 bits per heavy atom. The minimum absolute atomic E-state index is 0.329. The van der Waals surface area contributed by atoms with Crippen LogP contribution in [0.1, 0.15) is 22.8 Å². The number of amides is 1. The van der Waals surface area contributed by atoms with Crippen molar-refractivity contribution in [3.63, 3.8) is 0 Å². The molecule has 0 spiro atoms. The van der Waals surface area contributed by atoms with E-state index in [1.165, 1.54) is 7.11 Å². The molecule has 0 saturated heterocycles. The summed E-state index contributed by atoms with van der Waals surface area (Å²) in [7, 11) is 3.06. The van der Waals surface area contributed by atoms with Gasteiger partial charge in [-0.3, -0.25) is 9.78 Å². The smallest absolute Gasteiger partial charge is 0.271 e. The van der Waals surface area contributed by atoms with Gasteiger partial charge in [-0.05, 0) is 31.2 Å². The van der Waals surface area contributed by atoms with Crippen molar-refractivity contribution in [2.45, 2.75) is 6.92 Å². The number of ether oxygens (including phenoxy) is 2. The van der Waals surface area contributed by atoms with Gasteiger partial charge >= 0.3 is 0 Å². The van der Waals surface area contributed by atoms with Gasteiger partial charge in [0.05, 0.1) is 19.9 Å². The number of pyridine rings is 1. The number of methoxy groups -OCH3 is 2. The number of carbonyl (C=O) groups is 1. The van der Waals surface area contributed by atoms with Crippen molar-refractivity contribution >= 4 is 11.6 Å². The van der Waals surface area contributed by atoms with E-state index in [4.69, 9.17) is 9.47 Å². The zero-order chi connectivity index (χ0) is 15.9. The minimum Gasteiger partial charge on any atom is -0.493 e. The van der Waals surface area contributed by atoms with Crippen molar-refractivity contribution in [1.29, 1.82) is 0 Å². The number of rotatable bonds is 5. The van der Waals surface area contributed by atoms with Crippen molar-refractivity contribution in [2.24, 2.45) is 5.10 Å². The van der Waals surface area contributed by atoms with Crippen molar-refractivity contribution in [1.82, 2.24) is 10.4 Å². The van der Waals surface area contributed by atoms with Crippen LogP contribution in [0.25, 0.3) is 0 Å². The van der Waals surface area contributed by atoms with Crippen LogP contribution < -0.4 is 14.9 Å². The number of aromatic nitrogens is 1. The first-order valence-corrected chi connectivity index (χ1v) is 6.62. The highest BCUT2D eigenvalue weighted by Gasteiger charge is 2.10. The highest BCUT2D eigenvalue weighted by Crippen LogP contribution is 2.27. The van der Waals surface area contributed by atoms with Crippen LogP contribution in [0.15, 0.2) is 47.8 Å². The third-order valence-corrected chi connectivity index (χ3v) is 3.05. The summed E-state index contributed by atoms with van der Waals surface area (Å²) in [4.78, 5) is 16.1. The van der Waals surface area contributed by atoms with Gasteiger partial charge in [0, 0.05) is 23.5 Å². The van der Waals surface area contributed by atoms with Gasteiger partial charge in [0.25, 0.3) is 5.91 Å². The molecule has 0 aliphatic rings. The molecule has 2 aromatic rings. The summed E-state index contributed by atoms with van der Waals surface area (Å²) in [5.41, 5.74) is 4.45. The number of nitrogens with one attached hydrogen (secondary N) is 1. The third-order valence-electron chi connectivity index (χ3n) is 3.05. The SMILES string of the molecule is COc1ccc(C(=O)N/N=C(\C)c2cccnc2)cc1OC. The second-order valence-electron chi connectivity index (χ2n) is 4.45. The molecule has 0 bridgehead atoms. The molecule has 22 heavy (non-hydrogen) atoms. The maximum atomic E-state index is 12.1. The molecule has 0 unspecified atom stereocenters. The first-order chi connectivity index (χ1) is 10.7. The highest BCUT2D eigenvalue weighted by molar-refractivity contribution is 6.00. The van der Waals surface area contributed by atoms with E-state index in [1.807, 2.05) is 12.1 Å². The number of hydrazone groups is 1. The monoisotopic (exact) mass is 299 g/mol. The second-order valence-corrected chi connectivity index (χ2v) is 4.45. The minimum atomic E-state index is -0.329. The number of carbonyl (C=O) groups excluding carboxylic acids is 1. The van der Waals surface area contributed by atoms with Gasteiger partial charge in [-0.15, -0.1) is 0 Å². The lowest BCUT2D eigenvalue weighted by molar-refractivity contribution is 0.0954. The molecule has 6 nitrogen and oxygen atoms in total. The largest absolute Gasteiger partial charge is 0.493 e. The molecule has 0 aliphatic carbocycles. The molecule has 6 heteroatoms. The van der Waals surface area contributed by atoms with Crippen molar-refractivity contribution in [3.05, 3.63) is 53.9 Å².